The van der Waals surface area contributed by atoms with Gasteiger partial charge in [0, 0.05) is 25.1 Å². The predicted octanol–water partition coefficient (Wildman–Crippen LogP) is 2.56. The van der Waals surface area contributed by atoms with Crippen LogP contribution in [0.3, 0.4) is 0 Å². The summed E-state index contributed by atoms with van der Waals surface area (Å²) in [6.07, 6.45) is 0.755. The van der Waals surface area contributed by atoms with Crippen molar-refractivity contribution in [1.29, 1.82) is 0 Å². The average Bonchev–Trinajstić information content (AvgIpc) is 3.19. The van der Waals surface area contributed by atoms with Crippen molar-refractivity contribution in [3.05, 3.63) is 57.0 Å². The lowest BCUT2D eigenvalue weighted by molar-refractivity contribution is -0.118. The second kappa shape index (κ2) is 9.68. The molecule has 8 heteroatoms. The van der Waals surface area contributed by atoms with Gasteiger partial charge in [-0.1, -0.05) is 30.0 Å². The van der Waals surface area contributed by atoms with Crippen LogP contribution in [0.4, 0.5) is 0 Å². The van der Waals surface area contributed by atoms with Crippen LogP contribution in [-0.4, -0.2) is 41.5 Å². The van der Waals surface area contributed by atoms with Crippen molar-refractivity contribution in [1.82, 2.24) is 14.9 Å². The van der Waals surface area contributed by atoms with Crippen molar-refractivity contribution in [3.8, 4) is 0 Å². The maximum Gasteiger partial charge on any atom is 0.262 e. The van der Waals surface area contributed by atoms with Crippen LogP contribution in [-0.2, 0) is 22.5 Å². The Hall–Kier alpha value is -2.16. The molecule has 3 aromatic rings. The smallest absolute Gasteiger partial charge is 0.262 e. The molecule has 1 aromatic carbocycles. The van der Waals surface area contributed by atoms with E-state index in [0.717, 1.165) is 6.42 Å². The van der Waals surface area contributed by atoms with E-state index in [2.05, 4.69) is 16.4 Å². The number of aryl methyl sites for hydroxylation is 1. The van der Waals surface area contributed by atoms with Gasteiger partial charge in [-0.25, -0.2) is 4.98 Å². The van der Waals surface area contributed by atoms with Crippen molar-refractivity contribution in [3.63, 3.8) is 0 Å². The quantitative estimate of drug-likeness (QED) is 0.338. The Bertz CT molecular complexity index is 954. The number of para-hydroxylation sites is 1. The van der Waals surface area contributed by atoms with Crippen LogP contribution in [0.25, 0.3) is 10.9 Å². The van der Waals surface area contributed by atoms with Crippen LogP contribution in [0, 0.1) is 0 Å². The van der Waals surface area contributed by atoms with E-state index in [1.165, 1.54) is 16.6 Å². The van der Waals surface area contributed by atoms with Gasteiger partial charge in [0.15, 0.2) is 5.16 Å². The lowest BCUT2D eigenvalue weighted by Crippen LogP contribution is -2.29. The highest BCUT2D eigenvalue weighted by atomic mass is 32.2. The molecule has 27 heavy (non-hydrogen) atoms. The van der Waals surface area contributed by atoms with Gasteiger partial charge in [0.05, 0.1) is 23.3 Å². The summed E-state index contributed by atoms with van der Waals surface area (Å²) < 4.78 is 6.60. The summed E-state index contributed by atoms with van der Waals surface area (Å²) in [7, 11) is 1.59. The Kier molecular flexibility index (Phi) is 7.03. The van der Waals surface area contributed by atoms with Crippen LogP contribution < -0.4 is 10.9 Å². The van der Waals surface area contributed by atoms with Gasteiger partial charge in [0.1, 0.15) is 0 Å². The number of nitrogens with one attached hydrogen (secondary N) is 1. The summed E-state index contributed by atoms with van der Waals surface area (Å²) in [6.45, 7) is 1.47. The molecule has 0 aliphatic carbocycles. The Balaban J connectivity index is 1.81. The first-order chi connectivity index (χ1) is 13.2. The summed E-state index contributed by atoms with van der Waals surface area (Å²) in [5.74, 6) is 0.0947. The number of nitrogens with zero attached hydrogens (tertiary/aromatic N) is 2. The van der Waals surface area contributed by atoms with Crippen LogP contribution in [0.15, 0.2) is 51.7 Å². The maximum absolute atomic E-state index is 13.0. The van der Waals surface area contributed by atoms with Gasteiger partial charge >= 0.3 is 0 Å². The highest BCUT2D eigenvalue weighted by Gasteiger charge is 2.13. The first-order valence-corrected chi connectivity index (χ1v) is 10.5. The Labute approximate surface area is 165 Å². The van der Waals surface area contributed by atoms with E-state index in [9.17, 15) is 9.59 Å². The largest absolute Gasteiger partial charge is 0.383 e. The molecule has 0 saturated carbocycles. The zero-order chi connectivity index (χ0) is 19.1. The molecule has 0 aliphatic heterocycles. The van der Waals surface area contributed by atoms with Gasteiger partial charge in [0.2, 0.25) is 5.91 Å². The number of carbonyl (C=O) groups is 1. The number of amides is 1. The molecule has 2 aromatic heterocycles. The van der Waals surface area contributed by atoms with E-state index in [1.807, 2.05) is 29.6 Å². The fraction of sp³-hybridized carbons (Fsp3) is 0.316. The molecule has 6 nitrogen and oxygen atoms in total. The fourth-order valence-corrected chi connectivity index (χ4v) is 4.16. The maximum atomic E-state index is 13.0. The number of carbonyl (C=O) groups excluding carboxylic acids is 1. The standard InChI is InChI=1S/C19H21N3O3S2/c1-25-11-9-20-17(23)13-27-19-21-16-7-3-2-6-15(16)18(24)22(19)10-8-14-5-4-12-26-14/h2-7,12H,8-11,13H2,1H3,(H,20,23). The fourth-order valence-electron chi connectivity index (χ4n) is 2.61. The minimum atomic E-state index is -0.107. The van der Waals surface area contributed by atoms with E-state index in [-0.39, 0.29) is 17.2 Å². The number of methoxy groups -OCH3 is 1. The molecule has 142 valence electrons. The van der Waals surface area contributed by atoms with E-state index in [1.54, 1.807) is 29.1 Å². The molecule has 0 bridgehead atoms. The monoisotopic (exact) mass is 403 g/mol. The molecule has 0 spiro atoms. The molecule has 3 rings (SSSR count). The summed E-state index contributed by atoms with van der Waals surface area (Å²) in [5, 5.41) is 5.97. The second-order valence-electron chi connectivity index (χ2n) is 5.83. The third-order valence-electron chi connectivity index (χ3n) is 3.95. The predicted molar refractivity (Wildman–Crippen MR) is 110 cm³/mol. The van der Waals surface area contributed by atoms with Gasteiger partial charge in [-0.15, -0.1) is 11.3 Å². The molecule has 1 amide bonds. The summed E-state index contributed by atoms with van der Waals surface area (Å²) in [6, 6.07) is 11.4. The molecule has 1 N–H and O–H groups in total. The van der Waals surface area contributed by atoms with Crippen molar-refractivity contribution >= 4 is 39.9 Å². The third-order valence-corrected chi connectivity index (χ3v) is 5.86. The molecule has 0 aliphatic rings. The number of benzene rings is 1. The lowest BCUT2D eigenvalue weighted by Gasteiger charge is -2.13. The first kappa shape index (κ1) is 19.6. The van der Waals surface area contributed by atoms with Crippen LogP contribution in [0.2, 0.25) is 0 Å². The number of hydrogen-bond acceptors (Lipinski definition) is 6. The van der Waals surface area contributed by atoms with Crippen molar-refractivity contribution < 1.29 is 9.53 Å². The minimum absolute atomic E-state index is 0.0700. The van der Waals surface area contributed by atoms with Gasteiger partial charge in [0.25, 0.3) is 5.56 Å². The summed E-state index contributed by atoms with van der Waals surface area (Å²) in [5.41, 5.74) is 0.580. The Morgan fingerprint density at radius 2 is 2.15 bits per heavy atom. The molecule has 0 saturated heterocycles. The number of thioether (sulfide) groups is 1. The molecule has 0 unspecified atom stereocenters. The zero-order valence-electron chi connectivity index (χ0n) is 15.0. The normalized spacial score (nSPS) is 11.0. The number of aromatic nitrogens is 2. The van der Waals surface area contributed by atoms with E-state index < -0.39 is 0 Å². The van der Waals surface area contributed by atoms with Crippen molar-refractivity contribution in [2.24, 2.45) is 0 Å². The molecule has 0 fully saturated rings. The lowest BCUT2D eigenvalue weighted by atomic mass is 10.2. The average molecular weight is 404 g/mol. The van der Waals surface area contributed by atoms with E-state index in [0.29, 0.717) is 35.8 Å². The van der Waals surface area contributed by atoms with Crippen LogP contribution in [0.5, 0.6) is 0 Å². The van der Waals surface area contributed by atoms with Crippen molar-refractivity contribution in [2.75, 3.05) is 26.0 Å². The summed E-state index contributed by atoms with van der Waals surface area (Å²) >= 11 is 2.95. The molecular weight excluding hydrogens is 382 g/mol. The number of rotatable bonds is 9. The van der Waals surface area contributed by atoms with E-state index in [4.69, 9.17) is 4.74 Å². The Morgan fingerprint density at radius 1 is 1.30 bits per heavy atom. The van der Waals surface area contributed by atoms with E-state index >= 15 is 0 Å². The van der Waals surface area contributed by atoms with Gasteiger partial charge in [-0.2, -0.15) is 0 Å². The van der Waals surface area contributed by atoms with Crippen LogP contribution in [0.1, 0.15) is 4.88 Å². The SMILES string of the molecule is COCCNC(=O)CSc1nc2ccccc2c(=O)n1CCc1cccs1. The highest BCUT2D eigenvalue weighted by molar-refractivity contribution is 7.99. The first-order valence-electron chi connectivity index (χ1n) is 8.59. The number of hydrogen-bond donors (Lipinski definition) is 1. The molecular formula is C19H21N3O3S2. The molecule has 2 heterocycles. The third kappa shape index (κ3) is 5.18. The van der Waals surface area contributed by atoms with Gasteiger partial charge in [-0.05, 0) is 30.0 Å². The van der Waals surface area contributed by atoms with Crippen molar-refractivity contribution in [2.45, 2.75) is 18.1 Å². The molecule has 0 radical (unpaired) electrons. The highest BCUT2D eigenvalue weighted by Crippen LogP contribution is 2.19. The van der Waals surface area contributed by atoms with Gasteiger partial charge < -0.3 is 10.1 Å². The van der Waals surface area contributed by atoms with Gasteiger partial charge in [-0.3, -0.25) is 14.2 Å². The molecule has 0 atom stereocenters. The van der Waals surface area contributed by atoms with Crippen LogP contribution >= 0.6 is 23.1 Å². The number of thiophene rings is 1. The second-order valence-corrected chi connectivity index (χ2v) is 7.80. The Morgan fingerprint density at radius 3 is 2.93 bits per heavy atom. The zero-order valence-corrected chi connectivity index (χ0v) is 16.6. The summed E-state index contributed by atoms with van der Waals surface area (Å²) in [4.78, 5) is 30.8. The minimum Gasteiger partial charge on any atom is -0.383 e. The topological polar surface area (TPSA) is 73.2 Å². The number of ether oxygens (including phenoxy) is 1. The number of fused-ring (bicyclic) bond motifs is 1.